The molecular weight excluding hydrogens is 445 g/mol. The van der Waals surface area contributed by atoms with Crippen molar-refractivity contribution in [3.05, 3.63) is 60.7 Å². The number of aliphatic hydroxyl groups is 1. The molecule has 0 bridgehead atoms. The average Bonchev–Trinajstić information content (AvgIpc) is 2.77. The van der Waals surface area contributed by atoms with Crippen molar-refractivity contribution in [2.75, 3.05) is 0 Å². The molecule has 0 saturated heterocycles. The van der Waals surface area contributed by atoms with E-state index in [-0.39, 0.29) is 5.04 Å². The van der Waals surface area contributed by atoms with Crippen LogP contribution in [0.1, 0.15) is 62.3 Å². The first-order valence-corrected chi connectivity index (χ1v) is 17.1. The molecule has 0 saturated carbocycles. The SMILES string of the molecule is CC(C)[Si](C#CC(O)C#CC[Si](c1ccccc1)(c1ccccc1)C(C)(C)C)(C(C)C)C(C)C. The molecule has 2 rings (SSSR count). The molecule has 0 fully saturated rings. The van der Waals surface area contributed by atoms with Crippen molar-refractivity contribution < 1.29 is 5.11 Å². The summed E-state index contributed by atoms with van der Waals surface area (Å²) < 4.78 is 0. The molecule has 0 heterocycles. The minimum atomic E-state index is -2.25. The monoisotopic (exact) mass is 488 g/mol. The van der Waals surface area contributed by atoms with Gasteiger partial charge >= 0.3 is 0 Å². The van der Waals surface area contributed by atoms with Gasteiger partial charge in [-0.05, 0) is 21.7 Å². The molecule has 0 aliphatic carbocycles. The van der Waals surface area contributed by atoms with Crippen LogP contribution in [0.3, 0.4) is 0 Å². The van der Waals surface area contributed by atoms with Crippen LogP contribution in [0.4, 0.5) is 0 Å². The molecule has 1 atom stereocenters. The van der Waals surface area contributed by atoms with E-state index in [9.17, 15) is 5.11 Å². The van der Waals surface area contributed by atoms with Crippen molar-refractivity contribution in [3.63, 3.8) is 0 Å². The molecule has 0 radical (unpaired) electrons. The van der Waals surface area contributed by atoms with Crippen molar-refractivity contribution in [2.45, 2.75) is 96.1 Å². The maximum atomic E-state index is 10.8. The smallest absolute Gasteiger partial charge is 0.175 e. The highest BCUT2D eigenvalue weighted by Gasteiger charge is 2.47. The normalized spacial score (nSPS) is 13.3. The van der Waals surface area contributed by atoms with Gasteiger partial charge in [0, 0.05) is 6.04 Å². The number of benzene rings is 2. The van der Waals surface area contributed by atoms with Gasteiger partial charge in [0.2, 0.25) is 0 Å². The van der Waals surface area contributed by atoms with Gasteiger partial charge < -0.3 is 5.11 Å². The topological polar surface area (TPSA) is 20.2 Å². The largest absolute Gasteiger partial charge is 0.369 e. The first kappa shape index (κ1) is 28.2. The van der Waals surface area contributed by atoms with Crippen LogP contribution in [0.5, 0.6) is 0 Å². The zero-order valence-corrected chi connectivity index (χ0v) is 24.7. The van der Waals surface area contributed by atoms with E-state index >= 15 is 0 Å². The van der Waals surface area contributed by atoms with Crippen LogP contribution in [0.25, 0.3) is 0 Å². The first-order chi connectivity index (χ1) is 15.9. The van der Waals surface area contributed by atoms with Crippen LogP contribution in [-0.4, -0.2) is 27.4 Å². The Kier molecular flexibility index (Phi) is 9.61. The van der Waals surface area contributed by atoms with Gasteiger partial charge in [0.15, 0.2) is 6.10 Å². The molecule has 1 nitrogen and oxygen atoms in total. The molecule has 1 unspecified atom stereocenters. The quantitative estimate of drug-likeness (QED) is 0.357. The Bertz CT molecular complexity index is 964. The van der Waals surface area contributed by atoms with Crippen molar-refractivity contribution in [3.8, 4) is 23.3 Å². The Labute approximate surface area is 211 Å². The van der Waals surface area contributed by atoms with E-state index in [0.29, 0.717) is 16.6 Å². The Balaban J connectivity index is 2.50. The highest BCUT2D eigenvalue weighted by Crippen LogP contribution is 2.41. The Morgan fingerprint density at radius 2 is 1.12 bits per heavy atom. The van der Waals surface area contributed by atoms with E-state index in [1.54, 1.807) is 0 Å². The zero-order valence-electron chi connectivity index (χ0n) is 22.7. The fourth-order valence-electron chi connectivity index (χ4n) is 5.89. The molecule has 0 aliphatic heterocycles. The lowest BCUT2D eigenvalue weighted by Gasteiger charge is -2.43. The Morgan fingerprint density at radius 1 is 0.706 bits per heavy atom. The number of rotatable bonds is 6. The van der Waals surface area contributed by atoms with Crippen molar-refractivity contribution >= 4 is 26.5 Å². The van der Waals surface area contributed by atoms with Gasteiger partial charge in [-0.1, -0.05) is 145 Å². The molecule has 2 aromatic carbocycles. The molecule has 0 spiro atoms. The fourth-order valence-corrected chi connectivity index (χ4v) is 16.0. The maximum Gasteiger partial charge on any atom is 0.175 e. The van der Waals surface area contributed by atoms with E-state index in [0.717, 1.165) is 6.04 Å². The minimum absolute atomic E-state index is 0.0516. The lowest BCUT2D eigenvalue weighted by Crippen LogP contribution is -2.63. The van der Waals surface area contributed by atoms with E-state index < -0.39 is 22.3 Å². The van der Waals surface area contributed by atoms with Gasteiger partial charge in [0.1, 0.15) is 16.1 Å². The zero-order chi connectivity index (χ0) is 25.6. The third-order valence-corrected chi connectivity index (χ3v) is 19.9. The summed E-state index contributed by atoms with van der Waals surface area (Å²) in [4.78, 5) is 0. The van der Waals surface area contributed by atoms with E-state index in [4.69, 9.17) is 0 Å². The second-order valence-electron chi connectivity index (χ2n) is 11.5. The van der Waals surface area contributed by atoms with Gasteiger partial charge in [-0.2, -0.15) is 0 Å². The number of hydrogen-bond donors (Lipinski definition) is 1. The molecule has 0 aromatic heterocycles. The molecule has 182 valence electrons. The summed E-state index contributed by atoms with van der Waals surface area (Å²) in [6.07, 6.45) is -0.902. The summed E-state index contributed by atoms with van der Waals surface area (Å²) in [6, 6.07) is 22.5. The number of aliphatic hydroxyl groups excluding tert-OH is 1. The van der Waals surface area contributed by atoms with Gasteiger partial charge in [-0.25, -0.2) is 0 Å². The second-order valence-corrected chi connectivity index (χ2v) is 21.9. The molecule has 0 aliphatic rings. The highest BCUT2D eigenvalue weighted by molar-refractivity contribution is 7.04. The average molecular weight is 489 g/mol. The molecule has 1 N–H and O–H groups in total. The predicted octanol–water partition coefficient (Wildman–Crippen LogP) is 6.64. The third-order valence-electron chi connectivity index (χ3n) is 7.70. The van der Waals surface area contributed by atoms with Gasteiger partial charge in [0.25, 0.3) is 0 Å². The van der Waals surface area contributed by atoms with Crippen molar-refractivity contribution in [2.24, 2.45) is 0 Å². The van der Waals surface area contributed by atoms with Crippen LogP contribution in [0, 0.1) is 23.3 Å². The van der Waals surface area contributed by atoms with Crippen molar-refractivity contribution in [1.29, 1.82) is 0 Å². The second kappa shape index (κ2) is 11.6. The highest BCUT2D eigenvalue weighted by atomic mass is 28.3. The Hall–Kier alpha value is -2.05. The van der Waals surface area contributed by atoms with Crippen molar-refractivity contribution in [1.82, 2.24) is 0 Å². The number of hydrogen-bond acceptors (Lipinski definition) is 1. The molecule has 34 heavy (non-hydrogen) atoms. The lowest BCUT2D eigenvalue weighted by molar-refractivity contribution is 0.289. The summed E-state index contributed by atoms with van der Waals surface area (Å²) in [6.45, 7) is 20.8. The maximum absolute atomic E-state index is 10.8. The summed E-state index contributed by atoms with van der Waals surface area (Å²) in [7, 11) is -4.14. The van der Waals surface area contributed by atoms with Crippen LogP contribution >= 0.6 is 0 Å². The summed E-state index contributed by atoms with van der Waals surface area (Å²) >= 11 is 0. The Morgan fingerprint density at radius 3 is 1.47 bits per heavy atom. The third kappa shape index (κ3) is 5.77. The standard InChI is InChI=1S/C31H44OSi2/c1-25(2)33(26(3)4,27(5)6)24-22-28(32)17-16-23-34(31(7,8)9,29-18-12-10-13-19-29)30-20-14-11-15-21-30/h10-15,18-21,25-28,32H,23H2,1-9H3. The molecule has 3 heteroatoms. The van der Waals surface area contributed by atoms with Crippen LogP contribution < -0.4 is 10.4 Å². The lowest BCUT2D eigenvalue weighted by atomic mass is 10.2. The van der Waals surface area contributed by atoms with E-state index in [1.165, 1.54) is 10.4 Å². The summed E-state index contributed by atoms with van der Waals surface area (Å²) in [5, 5.41) is 13.6. The van der Waals surface area contributed by atoms with Crippen LogP contribution in [0.2, 0.25) is 27.7 Å². The molecular formula is C31H44OSi2. The minimum Gasteiger partial charge on any atom is -0.369 e. The van der Waals surface area contributed by atoms with Crippen LogP contribution in [-0.2, 0) is 0 Å². The van der Waals surface area contributed by atoms with Gasteiger partial charge in [0.05, 0.1) is 0 Å². The fraction of sp³-hybridized carbons (Fsp3) is 0.484. The summed E-state index contributed by atoms with van der Waals surface area (Å²) in [5.74, 6) is 9.74. The predicted molar refractivity (Wildman–Crippen MR) is 155 cm³/mol. The summed E-state index contributed by atoms with van der Waals surface area (Å²) in [5.41, 5.74) is 5.24. The van der Waals surface area contributed by atoms with E-state index in [2.05, 4.69) is 146 Å². The molecule has 0 amide bonds. The molecule has 2 aromatic rings. The van der Waals surface area contributed by atoms with E-state index in [1.807, 2.05) is 0 Å². The van der Waals surface area contributed by atoms with Crippen LogP contribution in [0.15, 0.2) is 60.7 Å². The van der Waals surface area contributed by atoms with Gasteiger partial charge in [-0.15, -0.1) is 11.5 Å². The van der Waals surface area contributed by atoms with Gasteiger partial charge in [-0.3, -0.25) is 0 Å². The first-order valence-electron chi connectivity index (χ1n) is 12.7.